The van der Waals surface area contributed by atoms with Crippen molar-refractivity contribution in [3.8, 4) is 5.88 Å². The van der Waals surface area contributed by atoms with E-state index in [1.165, 1.54) is 0 Å². The topological polar surface area (TPSA) is 25.4 Å². The molecule has 0 aliphatic carbocycles. The summed E-state index contributed by atoms with van der Waals surface area (Å²) >= 11 is 5.89. The lowest BCUT2D eigenvalue weighted by Gasteiger charge is -2.24. The molecule has 0 amide bonds. The van der Waals surface area contributed by atoms with E-state index < -0.39 is 0 Å². The zero-order valence-electron chi connectivity index (χ0n) is 9.69. The largest absolute Gasteiger partial charge is 0.472 e. The van der Waals surface area contributed by atoms with Crippen molar-refractivity contribution in [1.29, 1.82) is 0 Å². The van der Waals surface area contributed by atoms with Crippen LogP contribution in [0.2, 0.25) is 0 Å². The molecule has 4 heteroatoms. The maximum atomic E-state index is 5.94. The normalized spacial score (nSPS) is 23.1. The molecular weight excluding hydrogens is 224 g/mol. The molecule has 0 saturated carbocycles. The Morgan fingerprint density at radius 2 is 2.50 bits per heavy atom. The number of halogens is 1. The van der Waals surface area contributed by atoms with E-state index in [2.05, 4.69) is 29.9 Å². The van der Waals surface area contributed by atoms with Gasteiger partial charge in [0.25, 0.3) is 0 Å². The van der Waals surface area contributed by atoms with Crippen molar-refractivity contribution in [1.82, 2.24) is 9.88 Å². The first kappa shape index (κ1) is 11.7. The first-order valence-electron chi connectivity index (χ1n) is 5.55. The lowest BCUT2D eigenvalue weighted by atomic mass is 10.1. The molecule has 0 N–H and O–H groups in total. The highest BCUT2D eigenvalue weighted by Gasteiger charge is 2.25. The van der Waals surface area contributed by atoms with Crippen molar-refractivity contribution >= 4 is 11.6 Å². The molecule has 2 heterocycles. The standard InChI is InChI=1S/C12H17ClN2O/c1-9(6-13)11-8-15(2)7-10-4-3-5-14-12(10)16-11/h3-5,9,11H,6-8H2,1-2H3. The fraction of sp³-hybridized carbons (Fsp3) is 0.583. The van der Waals surface area contributed by atoms with Gasteiger partial charge in [-0.25, -0.2) is 4.98 Å². The van der Waals surface area contributed by atoms with Gasteiger partial charge < -0.3 is 4.74 Å². The minimum absolute atomic E-state index is 0.124. The van der Waals surface area contributed by atoms with Gasteiger partial charge in [0, 0.05) is 36.6 Å². The Labute approximate surface area is 101 Å². The van der Waals surface area contributed by atoms with E-state index in [0.29, 0.717) is 11.8 Å². The number of rotatable bonds is 2. The lowest BCUT2D eigenvalue weighted by Crippen LogP contribution is -2.35. The number of alkyl halides is 1. The van der Waals surface area contributed by atoms with E-state index in [9.17, 15) is 0 Å². The highest BCUT2D eigenvalue weighted by molar-refractivity contribution is 6.18. The van der Waals surface area contributed by atoms with E-state index in [0.717, 1.165) is 24.5 Å². The van der Waals surface area contributed by atoms with E-state index in [4.69, 9.17) is 16.3 Å². The second kappa shape index (κ2) is 5.02. The summed E-state index contributed by atoms with van der Waals surface area (Å²) in [6, 6.07) is 4.01. The first-order valence-corrected chi connectivity index (χ1v) is 6.09. The van der Waals surface area contributed by atoms with Crippen molar-refractivity contribution in [2.24, 2.45) is 5.92 Å². The fourth-order valence-corrected chi connectivity index (χ4v) is 2.09. The van der Waals surface area contributed by atoms with Crippen LogP contribution in [0.3, 0.4) is 0 Å². The van der Waals surface area contributed by atoms with Crippen LogP contribution >= 0.6 is 11.6 Å². The number of hydrogen-bond donors (Lipinski definition) is 0. The van der Waals surface area contributed by atoms with Crippen LogP contribution in [0, 0.1) is 5.92 Å². The molecule has 0 aromatic carbocycles. The monoisotopic (exact) mass is 240 g/mol. The van der Waals surface area contributed by atoms with Gasteiger partial charge in [-0.1, -0.05) is 13.0 Å². The first-order chi connectivity index (χ1) is 7.70. The third-order valence-electron chi connectivity index (χ3n) is 2.92. The summed E-state index contributed by atoms with van der Waals surface area (Å²) in [5.41, 5.74) is 1.15. The molecule has 2 atom stereocenters. The molecular formula is C12H17ClN2O. The van der Waals surface area contributed by atoms with Gasteiger partial charge in [-0.05, 0) is 13.1 Å². The Hall–Kier alpha value is -0.800. The molecule has 88 valence electrons. The highest BCUT2D eigenvalue weighted by Crippen LogP contribution is 2.24. The molecule has 1 aromatic heterocycles. The van der Waals surface area contributed by atoms with Crippen molar-refractivity contribution in [2.45, 2.75) is 19.6 Å². The Morgan fingerprint density at radius 3 is 3.25 bits per heavy atom. The number of pyridine rings is 1. The van der Waals surface area contributed by atoms with Crippen LogP contribution in [-0.2, 0) is 6.54 Å². The predicted molar refractivity (Wildman–Crippen MR) is 64.9 cm³/mol. The number of likely N-dealkylation sites (N-methyl/N-ethyl adjacent to an activating group) is 1. The Balaban J connectivity index is 2.23. The lowest BCUT2D eigenvalue weighted by molar-refractivity contribution is 0.117. The van der Waals surface area contributed by atoms with Crippen molar-refractivity contribution in [2.75, 3.05) is 19.5 Å². The third kappa shape index (κ3) is 2.47. The van der Waals surface area contributed by atoms with Crippen LogP contribution in [0.4, 0.5) is 0 Å². The number of ether oxygens (including phenoxy) is 1. The van der Waals surface area contributed by atoms with E-state index >= 15 is 0 Å². The van der Waals surface area contributed by atoms with Gasteiger partial charge in [0.1, 0.15) is 6.10 Å². The van der Waals surface area contributed by atoms with Gasteiger partial charge in [-0.15, -0.1) is 11.6 Å². The molecule has 16 heavy (non-hydrogen) atoms. The summed E-state index contributed by atoms with van der Waals surface area (Å²) in [5.74, 6) is 1.70. The van der Waals surface area contributed by atoms with Crippen LogP contribution < -0.4 is 4.74 Å². The number of hydrogen-bond acceptors (Lipinski definition) is 3. The summed E-state index contributed by atoms with van der Waals surface area (Å²) in [4.78, 5) is 6.54. The SMILES string of the molecule is CC(CCl)C1CN(C)Cc2cccnc2O1. The second-order valence-electron chi connectivity index (χ2n) is 4.45. The summed E-state index contributed by atoms with van der Waals surface area (Å²) in [6.07, 6.45) is 1.89. The Morgan fingerprint density at radius 1 is 1.69 bits per heavy atom. The van der Waals surface area contributed by atoms with Crippen molar-refractivity contribution in [3.63, 3.8) is 0 Å². The van der Waals surface area contributed by atoms with Crippen LogP contribution in [0.15, 0.2) is 18.3 Å². The van der Waals surface area contributed by atoms with Crippen LogP contribution in [-0.4, -0.2) is 35.5 Å². The molecule has 1 aliphatic heterocycles. The number of fused-ring (bicyclic) bond motifs is 1. The van der Waals surface area contributed by atoms with E-state index in [1.807, 2.05) is 6.07 Å². The second-order valence-corrected chi connectivity index (χ2v) is 4.76. The fourth-order valence-electron chi connectivity index (χ4n) is 1.89. The van der Waals surface area contributed by atoms with Gasteiger partial charge in [-0.2, -0.15) is 0 Å². The molecule has 2 unspecified atom stereocenters. The highest BCUT2D eigenvalue weighted by atomic mass is 35.5. The summed E-state index contributed by atoms with van der Waals surface area (Å²) in [6.45, 7) is 3.89. The summed E-state index contributed by atoms with van der Waals surface area (Å²) < 4.78 is 5.94. The summed E-state index contributed by atoms with van der Waals surface area (Å²) in [5, 5.41) is 0. The van der Waals surface area contributed by atoms with Crippen LogP contribution in [0.25, 0.3) is 0 Å². The van der Waals surface area contributed by atoms with Crippen LogP contribution in [0.1, 0.15) is 12.5 Å². The van der Waals surface area contributed by atoms with Gasteiger partial charge in [0.05, 0.1) is 0 Å². The molecule has 3 nitrogen and oxygen atoms in total. The molecule has 0 radical (unpaired) electrons. The molecule has 0 saturated heterocycles. The maximum absolute atomic E-state index is 5.94. The molecule has 1 aromatic rings. The van der Waals surface area contributed by atoms with Crippen LogP contribution in [0.5, 0.6) is 5.88 Å². The van der Waals surface area contributed by atoms with E-state index in [1.54, 1.807) is 6.20 Å². The zero-order chi connectivity index (χ0) is 11.5. The molecule has 2 rings (SSSR count). The minimum Gasteiger partial charge on any atom is -0.472 e. The summed E-state index contributed by atoms with van der Waals surface area (Å²) in [7, 11) is 2.10. The molecule has 1 aliphatic rings. The average Bonchev–Trinajstić information content (AvgIpc) is 2.45. The Kier molecular flexibility index (Phi) is 3.66. The number of aromatic nitrogens is 1. The molecule has 0 fully saturated rings. The Bertz CT molecular complexity index is 359. The maximum Gasteiger partial charge on any atom is 0.218 e. The van der Waals surface area contributed by atoms with E-state index in [-0.39, 0.29) is 6.10 Å². The number of nitrogens with zero attached hydrogens (tertiary/aromatic N) is 2. The van der Waals surface area contributed by atoms with Gasteiger partial charge >= 0.3 is 0 Å². The van der Waals surface area contributed by atoms with Crippen molar-refractivity contribution in [3.05, 3.63) is 23.9 Å². The average molecular weight is 241 g/mol. The molecule has 0 spiro atoms. The third-order valence-corrected chi connectivity index (χ3v) is 3.41. The minimum atomic E-state index is 0.124. The van der Waals surface area contributed by atoms with Gasteiger partial charge in [0.2, 0.25) is 5.88 Å². The smallest absolute Gasteiger partial charge is 0.218 e. The van der Waals surface area contributed by atoms with Gasteiger partial charge in [0.15, 0.2) is 0 Å². The quantitative estimate of drug-likeness (QED) is 0.741. The molecule has 0 bridgehead atoms. The van der Waals surface area contributed by atoms with Gasteiger partial charge in [-0.3, -0.25) is 4.90 Å². The predicted octanol–water partition coefficient (Wildman–Crippen LogP) is 2.15. The zero-order valence-corrected chi connectivity index (χ0v) is 10.4. The van der Waals surface area contributed by atoms with Crippen molar-refractivity contribution < 1.29 is 4.74 Å².